The number of benzene rings is 1. The number of halogens is 3. The van der Waals surface area contributed by atoms with Gasteiger partial charge in [-0.25, -0.2) is 4.99 Å². The van der Waals surface area contributed by atoms with Crippen molar-refractivity contribution in [3.05, 3.63) is 48.6 Å². The van der Waals surface area contributed by atoms with Gasteiger partial charge in [0.15, 0.2) is 5.96 Å². The van der Waals surface area contributed by atoms with E-state index < -0.39 is 41.3 Å². The quantitative estimate of drug-likeness (QED) is 0.398. The Morgan fingerprint density at radius 3 is 2.73 bits per heavy atom. The van der Waals surface area contributed by atoms with Crippen molar-refractivity contribution in [2.75, 3.05) is 13.7 Å². The van der Waals surface area contributed by atoms with Crippen LogP contribution in [-0.4, -0.2) is 59.9 Å². The Balaban J connectivity index is 1.55. The lowest BCUT2D eigenvalue weighted by Gasteiger charge is -2.39. The highest BCUT2D eigenvalue weighted by molar-refractivity contribution is 6.00. The van der Waals surface area contributed by atoms with Gasteiger partial charge in [-0.05, 0) is 50.8 Å². The molecule has 2 heterocycles. The van der Waals surface area contributed by atoms with E-state index in [1.807, 2.05) is 26.8 Å². The van der Waals surface area contributed by atoms with Gasteiger partial charge in [-0.1, -0.05) is 25.2 Å². The Bertz CT molecular complexity index is 1250. The summed E-state index contributed by atoms with van der Waals surface area (Å²) < 4.78 is 53.7. The van der Waals surface area contributed by atoms with E-state index in [1.165, 1.54) is 23.1 Å². The Morgan fingerprint density at radius 1 is 1.39 bits per heavy atom. The van der Waals surface area contributed by atoms with E-state index >= 15 is 0 Å². The van der Waals surface area contributed by atoms with Crippen LogP contribution in [0.25, 0.3) is 0 Å². The first-order valence-electron chi connectivity index (χ1n) is 13.6. The monoisotopic (exact) mass is 578 g/mol. The number of nitrogens with two attached hydrogens (primary N) is 1. The van der Waals surface area contributed by atoms with Crippen molar-refractivity contribution >= 4 is 17.8 Å². The highest BCUT2D eigenvalue weighted by Crippen LogP contribution is 2.47. The Morgan fingerprint density at radius 2 is 2.12 bits per heavy atom. The molecule has 0 spiro atoms. The van der Waals surface area contributed by atoms with Gasteiger partial charge in [0.1, 0.15) is 17.1 Å². The van der Waals surface area contributed by atoms with Crippen molar-refractivity contribution in [1.29, 1.82) is 0 Å². The highest BCUT2D eigenvalue weighted by Gasteiger charge is 2.52. The van der Waals surface area contributed by atoms with Crippen LogP contribution in [0.1, 0.15) is 58.1 Å². The van der Waals surface area contributed by atoms with Crippen molar-refractivity contribution < 1.29 is 37.0 Å². The zero-order chi connectivity index (χ0) is 30.2. The molecule has 1 aliphatic carbocycles. The number of aliphatic imine (C=N–C) groups is 1. The number of nitrogens with one attached hydrogen (secondary N) is 1. The molecule has 224 valence electrons. The number of amides is 2. The van der Waals surface area contributed by atoms with Gasteiger partial charge in [-0.2, -0.15) is 0 Å². The van der Waals surface area contributed by atoms with Gasteiger partial charge in [0.25, 0.3) is 0 Å². The van der Waals surface area contributed by atoms with Crippen LogP contribution < -0.4 is 20.5 Å². The van der Waals surface area contributed by atoms with Gasteiger partial charge in [-0.3, -0.25) is 14.5 Å². The third kappa shape index (κ3) is 6.86. The molecule has 2 aliphatic heterocycles. The van der Waals surface area contributed by atoms with Gasteiger partial charge in [0.2, 0.25) is 11.8 Å². The number of ether oxygens (including phenoxy) is 3. The molecule has 2 amide bonds. The maximum Gasteiger partial charge on any atom is 0.573 e. The number of nitrogens with zero attached hydrogens (tertiary/aromatic N) is 2. The molecular formula is C29H37F3N4O5. The summed E-state index contributed by atoms with van der Waals surface area (Å²) in [6, 6.07) is 2.70. The third-order valence-electron chi connectivity index (χ3n) is 7.80. The molecule has 0 bridgehead atoms. The summed E-state index contributed by atoms with van der Waals surface area (Å²) in [7, 11) is 1.55. The van der Waals surface area contributed by atoms with Crippen molar-refractivity contribution in [3.8, 4) is 11.5 Å². The summed E-state index contributed by atoms with van der Waals surface area (Å²) in [5.41, 5.74) is 5.27. The van der Waals surface area contributed by atoms with Crippen molar-refractivity contribution in [1.82, 2.24) is 10.2 Å². The minimum absolute atomic E-state index is 0.0680. The van der Waals surface area contributed by atoms with Crippen molar-refractivity contribution in [2.45, 2.75) is 76.0 Å². The van der Waals surface area contributed by atoms with Crippen molar-refractivity contribution in [2.24, 2.45) is 22.6 Å². The van der Waals surface area contributed by atoms with E-state index in [4.69, 9.17) is 15.2 Å². The fourth-order valence-electron chi connectivity index (χ4n) is 5.62. The van der Waals surface area contributed by atoms with E-state index in [-0.39, 0.29) is 30.1 Å². The molecule has 1 saturated carbocycles. The van der Waals surface area contributed by atoms with E-state index in [2.05, 4.69) is 21.6 Å². The normalized spacial score (nSPS) is 27.9. The van der Waals surface area contributed by atoms with Gasteiger partial charge >= 0.3 is 6.36 Å². The summed E-state index contributed by atoms with van der Waals surface area (Å²) >= 11 is 0. The maximum absolute atomic E-state index is 13.5. The van der Waals surface area contributed by atoms with Gasteiger partial charge < -0.3 is 25.3 Å². The fraction of sp³-hybridized carbons (Fsp3) is 0.552. The number of hydrogen-bond donors (Lipinski definition) is 2. The standard InChI is InChI=1S/C29H37F3N4O5/c1-6-28(7-2)16-24(37)36(26(33)35-28)22(9-8-12-39-5)18-14-19(18)25(38)34-21-15-27(3,4)41-23-11-10-17(13-20(21)23)40-29(30,31)32/h6,8-11,13,18-19,21-22H,1,7,12,14-16H2,2-5H3,(H2,33,35)(H,34,38)/b9-8+/t18?,19-,21?,22+,28-/m1/s1. The number of carbonyl (C=O) groups is 2. The molecule has 3 N–H and O–H groups in total. The van der Waals surface area contributed by atoms with Crippen LogP contribution in [0.5, 0.6) is 11.5 Å². The maximum atomic E-state index is 13.5. The zero-order valence-corrected chi connectivity index (χ0v) is 23.7. The molecule has 4 rings (SSSR count). The fourth-order valence-corrected chi connectivity index (χ4v) is 5.62. The largest absolute Gasteiger partial charge is 0.573 e. The Hall–Kier alpha value is -3.54. The summed E-state index contributed by atoms with van der Waals surface area (Å²) in [5.74, 6) is -1.14. The van der Waals surface area contributed by atoms with Crippen molar-refractivity contribution in [3.63, 3.8) is 0 Å². The molecule has 41 heavy (non-hydrogen) atoms. The summed E-state index contributed by atoms with van der Waals surface area (Å²) in [4.78, 5) is 32.9. The van der Waals surface area contributed by atoms with Crippen LogP contribution in [0.2, 0.25) is 0 Å². The second-order valence-corrected chi connectivity index (χ2v) is 11.3. The number of hydrogen-bond acceptors (Lipinski definition) is 7. The average molecular weight is 579 g/mol. The van der Waals surface area contributed by atoms with Crippen LogP contribution in [0.3, 0.4) is 0 Å². The predicted octanol–water partition coefficient (Wildman–Crippen LogP) is 4.39. The van der Waals surface area contributed by atoms with Crippen LogP contribution in [0, 0.1) is 11.8 Å². The molecule has 12 heteroatoms. The molecule has 0 saturated heterocycles. The van der Waals surface area contributed by atoms with E-state index in [1.54, 1.807) is 19.3 Å². The SMILES string of the molecule is C=C[C@@]1(CC)CC(=O)N([C@@H](/C=C/COC)C2C[C@H]2C(=O)NC2CC(C)(C)Oc3ccc(OC(F)(F)F)cc32)C(N)=N1. The molecule has 0 aromatic heterocycles. The van der Waals surface area contributed by atoms with E-state index in [9.17, 15) is 22.8 Å². The average Bonchev–Trinajstić information content (AvgIpc) is 3.67. The topological polar surface area (TPSA) is 115 Å². The lowest BCUT2D eigenvalue weighted by atomic mass is 9.89. The molecule has 3 aliphatic rings. The van der Waals surface area contributed by atoms with E-state index in [0.717, 1.165) is 0 Å². The summed E-state index contributed by atoms with van der Waals surface area (Å²) in [6.45, 7) is 9.73. The number of alkyl halides is 3. The van der Waals surface area contributed by atoms with E-state index in [0.29, 0.717) is 37.2 Å². The zero-order valence-electron chi connectivity index (χ0n) is 23.7. The van der Waals surface area contributed by atoms with Gasteiger partial charge in [0, 0.05) is 25.0 Å². The second kappa shape index (κ2) is 11.4. The number of rotatable bonds is 10. The number of fused-ring (bicyclic) bond motifs is 1. The van der Waals surface area contributed by atoms with Crippen LogP contribution in [0.15, 0.2) is 48.0 Å². The predicted molar refractivity (Wildman–Crippen MR) is 146 cm³/mol. The molecule has 1 aromatic carbocycles. The van der Waals surface area contributed by atoms with Crippen LogP contribution in [-0.2, 0) is 14.3 Å². The molecule has 9 nitrogen and oxygen atoms in total. The minimum atomic E-state index is -4.85. The minimum Gasteiger partial charge on any atom is -0.487 e. The first-order chi connectivity index (χ1) is 19.2. The second-order valence-electron chi connectivity index (χ2n) is 11.3. The molecule has 1 aromatic rings. The van der Waals surface area contributed by atoms with Gasteiger partial charge in [-0.15, -0.1) is 19.8 Å². The summed E-state index contributed by atoms with van der Waals surface area (Å²) in [6.07, 6.45) is 1.86. The molecular weight excluding hydrogens is 541 g/mol. The number of carbonyl (C=O) groups excluding carboxylic acids is 2. The Kier molecular flexibility index (Phi) is 8.45. The van der Waals surface area contributed by atoms with Crippen LogP contribution in [0.4, 0.5) is 13.2 Å². The first kappa shape index (κ1) is 30.4. The third-order valence-corrected chi connectivity index (χ3v) is 7.80. The number of guanidine groups is 1. The van der Waals surface area contributed by atoms with Gasteiger partial charge in [0.05, 0.1) is 30.7 Å². The first-order valence-corrected chi connectivity index (χ1v) is 13.6. The highest BCUT2D eigenvalue weighted by atomic mass is 19.4. The molecule has 1 fully saturated rings. The molecule has 5 atom stereocenters. The summed E-state index contributed by atoms with van der Waals surface area (Å²) in [5, 5.41) is 3.01. The molecule has 2 unspecified atom stereocenters. The smallest absolute Gasteiger partial charge is 0.487 e. The lowest BCUT2D eigenvalue weighted by molar-refractivity contribution is -0.274. The molecule has 0 radical (unpaired) electrons. The Labute approximate surface area is 237 Å². The number of methoxy groups -OCH3 is 1. The van der Waals surface area contributed by atoms with Crippen LogP contribution >= 0.6 is 0 Å². The lowest BCUT2D eigenvalue weighted by Crippen LogP contribution is -2.55.